The number of carbonyl (C=O) groups is 2. The molecule has 0 aliphatic carbocycles. The molecule has 8 nitrogen and oxygen atoms in total. The molecule has 3 saturated heterocycles. The van der Waals surface area contributed by atoms with Gasteiger partial charge in [0, 0.05) is 30.8 Å². The molecule has 0 saturated carbocycles. The van der Waals surface area contributed by atoms with E-state index in [1.54, 1.807) is 16.4 Å². The highest BCUT2D eigenvalue weighted by atomic mass is 32.1. The van der Waals surface area contributed by atoms with Gasteiger partial charge in [-0.2, -0.15) is 13.2 Å². The number of hydrogen-bond acceptors (Lipinski definition) is 7. The van der Waals surface area contributed by atoms with Crippen molar-refractivity contribution in [3.63, 3.8) is 0 Å². The number of amides is 1. The van der Waals surface area contributed by atoms with Crippen molar-refractivity contribution in [1.29, 1.82) is 0 Å². The lowest BCUT2D eigenvalue weighted by atomic mass is 9.89. The van der Waals surface area contributed by atoms with Gasteiger partial charge in [0.15, 0.2) is 0 Å². The number of hydroxylamine groups is 2. The third-order valence-corrected chi connectivity index (χ3v) is 5.79. The number of fused-ring (bicyclic) bond motifs is 1. The van der Waals surface area contributed by atoms with Crippen LogP contribution in [0.15, 0.2) is 11.6 Å². The van der Waals surface area contributed by atoms with Crippen molar-refractivity contribution in [3.05, 3.63) is 16.6 Å². The molecule has 1 amide bonds. The van der Waals surface area contributed by atoms with Crippen LogP contribution in [-0.4, -0.2) is 76.6 Å². The molecular formula is C17H22F3N3O5S. The summed E-state index contributed by atoms with van der Waals surface area (Å²) in [7, 11) is 0. The van der Waals surface area contributed by atoms with Crippen LogP contribution in [0.25, 0.3) is 0 Å². The number of piperidine rings is 1. The van der Waals surface area contributed by atoms with E-state index in [4.69, 9.17) is 19.5 Å². The summed E-state index contributed by atoms with van der Waals surface area (Å²) in [5.41, 5.74) is 0. The number of rotatable bonds is 3. The van der Waals surface area contributed by atoms with E-state index in [-0.39, 0.29) is 17.9 Å². The first kappa shape index (κ1) is 21.9. The van der Waals surface area contributed by atoms with Crippen molar-refractivity contribution in [3.8, 4) is 0 Å². The number of carboxylic acids is 1. The topological polar surface area (TPSA) is 92.2 Å². The number of carbonyl (C=O) groups excluding carboxylic acids is 1. The first-order valence-electron chi connectivity index (χ1n) is 9.24. The average Bonchev–Trinajstić information content (AvgIpc) is 3.42. The maximum Gasteiger partial charge on any atom is 0.490 e. The lowest BCUT2D eigenvalue weighted by Gasteiger charge is -2.40. The summed E-state index contributed by atoms with van der Waals surface area (Å²) in [5, 5.41) is 11.8. The van der Waals surface area contributed by atoms with Crippen LogP contribution < -0.4 is 0 Å². The van der Waals surface area contributed by atoms with Gasteiger partial charge >= 0.3 is 12.1 Å². The molecule has 29 heavy (non-hydrogen) atoms. The van der Waals surface area contributed by atoms with Crippen LogP contribution in [0.4, 0.5) is 13.2 Å². The molecule has 12 heteroatoms. The Hall–Kier alpha value is -1.76. The van der Waals surface area contributed by atoms with Crippen LogP contribution in [0.2, 0.25) is 0 Å². The zero-order valence-corrected chi connectivity index (χ0v) is 16.3. The molecule has 1 aromatic heterocycles. The number of halogens is 3. The summed E-state index contributed by atoms with van der Waals surface area (Å²) in [6, 6.07) is 0.424. The van der Waals surface area contributed by atoms with Gasteiger partial charge < -0.3 is 9.84 Å². The molecule has 0 unspecified atom stereocenters. The fourth-order valence-electron chi connectivity index (χ4n) is 3.74. The number of carboxylic acid groups (broad SMARTS) is 1. The van der Waals surface area contributed by atoms with Gasteiger partial charge in [0.1, 0.15) is 5.01 Å². The zero-order valence-electron chi connectivity index (χ0n) is 15.5. The van der Waals surface area contributed by atoms with Crippen LogP contribution >= 0.6 is 11.3 Å². The number of thiazole rings is 1. The van der Waals surface area contributed by atoms with Gasteiger partial charge in [0.05, 0.1) is 31.7 Å². The molecule has 0 aromatic carbocycles. The molecule has 0 radical (unpaired) electrons. The number of likely N-dealkylation sites (tertiary alicyclic amines) is 1. The molecule has 162 valence electrons. The van der Waals surface area contributed by atoms with Gasteiger partial charge in [0.25, 0.3) is 5.91 Å². The Bertz CT molecular complexity index is 697. The maximum atomic E-state index is 12.6. The highest BCUT2D eigenvalue weighted by molar-refractivity contribution is 7.09. The van der Waals surface area contributed by atoms with Crippen molar-refractivity contribution >= 4 is 23.2 Å². The van der Waals surface area contributed by atoms with Gasteiger partial charge in [0.2, 0.25) is 0 Å². The van der Waals surface area contributed by atoms with Gasteiger partial charge in [-0.3, -0.25) is 14.5 Å². The highest BCUT2D eigenvalue weighted by Crippen LogP contribution is 2.33. The smallest absolute Gasteiger partial charge is 0.475 e. The van der Waals surface area contributed by atoms with E-state index in [9.17, 15) is 18.0 Å². The predicted octanol–water partition coefficient (Wildman–Crippen LogP) is 1.92. The van der Waals surface area contributed by atoms with E-state index >= 15 is 0 Å². The van der Waals surface area contributed by atoms with E-state index in [1.165, 1.54) is 0 Å². The Morgan fingerprint density at radius 2 is 2.10 bits per heavy atom. The molecule has 3 fully saturated rings. The number of nitrogens with zero attached hydrogens (tertiary/aromatic N) is 3. The second kappa shape index (κ2) is 9.37. The fourth-order valence-corrected chi connectivity index (χ4v) is 4.38. The minimum atomic E-state index is -5.08. The van der Waals surface area contributed by atoms with Crippen molar-refractivity contribution in [1.82, 2.24) is 14.9 Å². The molecular weight excluding hydrogens is 415 g/mol. The molecule has 3 aliphatic rings. The second-order valence-electron chi connectivity index (χ2n) is 6.98. The Labute approximate surface area is 169 Å². The van der Waals surface area contributed by atoms with Crippen molar-refractivity contribution in [2.75, 3.05) is 26.3 Å². The van der Waals surface area contributed by atoms with E-state index in [1.807, 2.05) is 11.6 Å². The van der Waals surface area contributed by atoms with E-state index < -0.39 is 12.1 Å². The van der Waals surface area contributed by atoms with Crippen molar-refractivity contribution in [2.45, 2.75) is 44.1 Å². The van der Waals surface area contributed by atoms with Gasteiger partial charge in [-0.25, -0.2) is 14.8 Å². The number of aliphatic carboxylic acids is 1. The molecule has 3 atom stereocenters. The van der Waals surface area contributed by atoms with E-state index in [0.717, 1.165) is 50.5 Å². The number of alkyl halides is 3. The fraction of sp³-hybridized carbons (Fsp3) is 0.706. The third-order valence-electron chi connectivity index (χ3n) is 5.03. The Balaban J connectivity index is 0.000000298. The molecule has 0 bridgehead atoms. The number of hydrogen-bond donors (Lipinski definition) is 1. The third kappa shape index (κ3) is 5.65. The molecule has 1 aromatic rings. The molecule has 1 N–H and O–H groups in total. The van der Waals surface area contributed by atoms with Crippen LogP contribution in [0, 0.1) is 5.92 Å². The summed E-state index contributed by atoms with van der Waals surface area (Å²) in [4.78, 5) is 33.7. The Morgan fingerprint density at radius 3 is 2.69 bits per heavy atom. The summed E-state index contributed by atoms with van der Waals surface area (Å²) in [5.74, 6) is -2.67. The Kier molecular flexibility index (Phi) is 7.09. The molecule has 4 heterocycles. The van der Waals surface area contributed by atoms with E-state index in [2.05, 4.69) is 9.88 Å². The quantitative estimate of drug-likeness (QED) is 0.772. The lowest BCUT2D eigenvalue weighted by Crippen LogP contribution is -2.52. The standard InChI is InChI=1S/C15H21N3O3S.C2HF3O2/c19-15(18-4-1-5-21-18)11-8-13-12(2-6-20-13)17(9-11)10-14-16-3-7-22-14;3-2(4,5)1(6)7/h3,7,11-13H,1-2,4-6,8-10H2;(H,6,7)/t11-,12+,13+;/m0./s1. The SMILES string of the molecule is O=C(O)C(F)(F)F.O=C([C@H]1C[C@H]2OCC[C@H]2N(Cc2nccs2)C1)N1CCCO1. The number of ether oxygens (including phenoxy) is 1. The second-order valence-corrected chi connectivity index (χ2v) is 7.96. The molecule has 4 rings (SSSR count). The summed E-state index contributed by atoms with van der Waals surface area (Å²) >= 11 is 1.67. The first-order chi connectivity index (χ1) is 13.8. The van der Waals surface area contributed by atoms with Crippen LogP contribution in [0.5, 0.6) is 0 Å². The number of aromatic nitrogens is 1. The summed E-state index contributed by atoms with van der Waals surface area (Å²) in [6.07, 6.45) is -0.267. The monoisotopic (exact) mass is 437 g/mol. The largest absolute Gasteiger partial charge is 0.490 e. The minimum absolute atomic E-state index is 0.0302. The lowest BCUT2D eigenvalue weighted by molar-refractivity contribution is -0.192. The van der Waals surface area contributed by atoms with Crippen molar-refractivity contribution in [2.24, 2.45) is 5.92 Å². The Morgan fingerprint density at radius 1 is 1.34 bits per heavy atom. The van der Waals surface area contributed by atoms with Crippen LogP contribution in [0.1, 0.15) is 24.3 Å². The van der Waals surface area contributed by atoms with Crippen LogP contribution in [0.3, 0.4) is 0 Å². The molecule has 3 aliphatic heterocycles. The maximum absolute atomic E-state index is 12.6. The predicted molar refractivity (Wildman–Crippen MR) is 94.7 cm³/mol. The zero-order chi connectivity index (χ0) is 21.0. The van der Waals surface area contributed by atoms with Crippen LogP contribution in [-0.2, 0) is 25.7 Å². The average molecular weight is 437 g/mol. The molecule has 0 spiro atoms. The highest BCUT2D eigenvalue weighted by Gasteiger charge is 2.44. The van der Waals surface area contributed by atoms with E-state index in [0.29, 0.717) is 12.6 Å². The normalized spacial score (nSPS) is 27.3. The minimum Gasteiger partial charge on any atom is -0.475 e. The van der Waals surface area contributed by atoms with Gasteiger partial charge in [-0.15, -0.1) is 11.3 Å². The van der Waals surface area contributed by atoms with Crippen molar-refractivity contribution < 1.29 is 37.4 Å². The summed E-state index contributed by atoms with van der Waals surface area (Å²) in [6.45, 7) is 3.76. The van der Waals surface area contributed by atoms with Gasteiger partial charge in [-0.05, 0) is 19.3 Å². The summed E-state index contributed by atoms with van der Waals surface area (Å²) < 4.78 is 37.6. The first-order valence-corrected chi connectivity index (χ1v) is 10.1. The van der Waals surface area contributed by atoms with Gasteiger partial charge in [-0.1, -0.05) is 0 Å².